The second kappa shape index (κ2) is 6.74. The summed E-state index contributed by atoms with van der Waals surface area (Å²) >= 11 is 0. The molecule has 2 aromatic rings. The Morgan fingerprint density at radius 2 is 1.90 bits per heavy atom. The van der Waals surface area contributed by atoms with Gasteiger partial charge in [-0.2, -0.15) is 5.26 Å². The number of hydrogen-bond donors (Lipinski definition) is 2. The van der Waals surface area contributed by atoms with Crippen LogP contribution in [0.4, 0.5) is 5.69 Å². The van der Waals surface area contributed by atoms with Gasteiger partial charge in [0.05, 0.1) is 12.7 Å². The van der Waals surface area contributed by atoms with Crippen LogP contribution in [0.25, 0.3) is 0 Å². The second-order valence-electron chi connectivity index (χ2n) is 7.80. The summed E-state index contributed by atoms with van der Waals surface area (Å²) in [4.78, 5) is 26.8. The van der Waals surface area contributed by atoms with Gasteiger partial charge in [-0.3, -0.25) is 9.59 Å². The monoisotopic (exact) mass is 413 g/mol. The Labute approximate surface area is 178 Å². The first-order valence-electron chi connectivity index (χ1n) is 9.90. The number of nitrogens with zero attached hydrogens (tertiary/aromatic N) is 1. The predicted octanol–water partition coefficient (Wildman–Crippen LogP) is 3.01. The number of carbonyl (C=O) groups is 2. The fourth-order valence-corrected chi connectivity index (χ4v) is 4.89. The summed E-state index contributed by atoms with van der Waals surface area (Å²) in [7, 11) is 1.60. The first kappa shape index (κ1) is 18.9. The Balaban J connectivity index is 1.67. The number of rotatable bonds is 2. The van der Waals surface area contributed by atoms with Gasteiger partial charge in [0.25, 0.3) is 0 Å². The van der Waals surface area contributed by atoms with Crippen molar-refractivity contribution >= 4 is 17.4 Å². The number of anilines is 1. The number of fused-ring (bicyclic) bond motifs is 3. The maximum atomic E-state index is 13.5. The van der Waals surface area contributed by atoms with Crippen molar-refractivity contribution in [3.63, 3.8) is 0 Å². The summed E-state index contributed by atoms with van der Waals surface area (Å²) in [6.07, 6.45) is 0.592. The SMILES string of the molecule is COc1ccc([C@H]2CC(=O)C3=C(C2)OC(N)=C(C#N)[C@]32C(=O)Nc3ccccc32)cc1. The molecule has 1 aliphatic carbocycles. The molecule has 1 amide bonds. The highest BCUT2D eigenvalue weighted by Crippen LogP contribution is 2.55. The number of para-hydroxylation sites is 1. The molecule has 0 aromatic heterocycles. The first-order chi connectivity index (χ1) is 15.0. The summed E-state index contributed by atoms with van der Waals surface area (Å²) in [6, 6.07) is 16.6. The molecule has 5 rings (SSSR count). The molecule has 2 heterocycles. The molecule has 3 aliphatic rings. The third kappa shape index (κ3) is 2.51. The van der Waals surface area contributed by atoms with Crippen LogP contribution in [0.3, 0.4) is 0 Å². The smallest absolute Gasteiger partial charge is 0.245 e. The van der Waals surface area contributed by atoms with Crippen molar-refractivity contribution in [3.05, 3.63) is 82.4 Å². The van der Waals surface area contributed by atoms with Gasteiger partial charge in [0.1, 0.15) is 28.6 Å². The van der Waals surface area contributed by atoms with E-state index in [4.69, 9.17) is 15.2 Å². The molecule has 154 valence electrons. The molecule has 0 radical (unpaired) electrons. The molecule has 2 atom stereocenters. The van der Waals surface area contributed by atoms with Crippen LogP contribution in [-0.2, 0) is 19.7 Å². The van der Waals surface area contributed by atoms with E-state index in [1.54, 1.807) is 31.4 Å². The quantitative estimate of drug-likeness (QED) is 0.782. The molecule has 0 saturated carbocycles. The van der Waals surface area contributed by atoms with Gasteiger partial charge in [-0.15, -0.1) is 0 Å². The van der Waals surface area contributed by atoms with E-state index in [2.05, 4.69) is 5.32 Å². The zero-order chi connectivity index (χ0) is 21.8. The number of Topliss-reactive ketones (excluding diaryl/α,β-unsaturated/α-hetero) is 1. The van der Waals surface area contributed by atoms with Crippen LogP contribution in [0.5, 0.6) is 5.75 Å². The number of amides is 1. The summed E-state index contributed by atoms with van der Waals surface area (Å²) < 4.78 is 11.0. The van der Waals surface area contributed by atoms with Crippen LogP contribution in [-0.4, -0.2) is 18.8 Å². The Morgan fingerprint density at radius 3 is 2.61 bits per heavy atom. The van der Waals surface area contributed by atoms with E-state index in [0.717, 1.165) is 11.3 Å². The topological polar surface area (TPSA) is 114 Å². The predicted molar refractivity (Wildman–Crippen MR) is 112 cm³/mol. The van der Waals surface area contributed by atoms with Crippen LogP contribution >= 0.6 is 0 Å². The molecule has 2 aliphatic heterocycles. The maximum Gasteiger partial charge on any atom is 0.245 e. The molecule has 1 spiro atoms. The number of nitriles is 1. The number of ether oxygens (including phenoxy) is 2. The zero-order valence-electron chi connectivity index (χ0n) is 16.8. The minimum atomic E-state index is -1.58. The van der Waals surface area contributed by atoms with Crippen LogP contribution in [0.1, 0.15) is 29.9 Å². The van der Waals surface area contributed by atoms with Crippen LogP contribution < -0.4 is 15.8 Å². The Kier molecular flexibility index (Phi) is 4.12. The van der Waals surface area contributed by atoms with Crippen molar-refractivity contribution in [2.75, 3.05) is 12.4 Å². The summed E-state index contributed by atoms with van der Waals surface area (Å²) in [5.41, 5.74) is 6.79. The number of hydrogen-bond acceptors (Lipinski definition) is 6. The fraction of sp³-hybridized carbons (Fsp3) is 0.208. The average molecular weight is 413 g/mol. The van der Waals surface area contributed by atoms with E-state index in [1.165, 1.54) is 0 Å². The highest BCUT2D eigenvalue weighted by molar-refractivity contribution is 6.19. The molecule has 7 nitrogen and oxygen atoms in total. The van der Waals surface area contributed by atoms with Crippen molar-refractivity contribution in [3.8, 4) is 11.8 Å². The number of methoxy groups -OCH3 is 1. The fourth-order valence-electron chi connectivity index (χ4n) is 4.89. The number of benzene rings is 2. The average Bonchev–Trinajstić information content (AvgIpc) is 3.06. The second-order valence-corrected chi connectivity index (χ2v) is 7.80. The largest absolute Gasteiger partial charge is 0.497 e. The van der Waals surface area contributed by atoms with E-state index in [0.29, 0.717) is 23.4 Å². The lowest BCUT2D eigenvalue weighted by molar-refractivity contribution is -0.123. The maximum absolute atomic E-state index is 13.5. The molecule has 0 fully saturated rings. The van der Waals surface area contributed by atoms with Crippen molar-refractivity contribution in [1.29, 1.82) is 5.26 Å². The molecule has 0 unspecified atom stereocenters. The lowest BCUT2D eigenvalue weighted by atomic mass is 9.63. The van der Waals surface area contributed by atoms with E-state index in [-0.39, 0.29) is 35.2 Å². The third-order valence-corrected chi connectivity index (χ3v) is 6.27. The van der Waals surface area contributed by atoms with Crippen LogP contribution in [0.15, 0.2) is 71.3 Å². The standard InChI is InChI=1S/C24H19N3O4/c1-30-15-8-6-13(7-9-15)14-10-19(28)21-20(11-14)31-22(26)17(12-25)24(21)16-4-2-3-5-18(16)27-23(24)29/h2-9,14H,10-11,26H2,1H3,(H,27,29)/t14-,24-/m0/s1. The van der Waals surface area contributed by atoms with Gasteiger partial charge in [-0.05, 0) is 29.7 Å². The molecule has 0 bridgehead atoms. The highest BCUT2D eigenvalue weighted by atomic mass is 16.5. The Bertz CT molecular complexity index is 1240. The van der Waals surface area contributed by atoms with Crippen molar-refractivity contribution < 1.29 is 19.1 Å². The van der Waals surface area contributed by atoms with Gasteiger partial charge in [-0.25, -0.2) is 0 Å². The Morgan fingerprint density at radius 1 is 1.16 bits per heavy atom. The van der Waals surface area contributed by atoms with Gasteiger partial charge in [0.2, 0.25) is 11.8 Å². The number of allylic oxidation sites excluding steroid dienone is 1. The van der Waals surface area contributed by atoms with Gasteiger partial charge < -0.3 is 20.5 Å². The van der Waals surface area contributed by atoms with Gasteiger partial charge in [0.15, 0.2) is 5.78 Å². The molecule has 2 aromatic carbocycles. The van der Waals surface area contributed by atoms with Crippen LogP contribution in [0.2, 0.25) is 0 Å². The normalized spacial score (nSPS) is 24.3. The number of nitrogens with one attached hydrogen (secondary N) is 1. The van der Waals surface area contributed by atoms with Gasteiger partial charge >= 0.3 is 0 Å². The van der Waals surface area contributed by atoms with Crippen LogP contribution in [0, 0.1) is 11.3 Å². The van der Waals surface area contributed by atoms with Gasteiger partial charge in [-0.1, -0.05) is 30.3 Å². The van der Waals surface area contributed by atoms with E-state index in [9.17, 15) is 14.9 Å². The van der Waals surface area contributed by atoms with Crippen molar-refractivity contribution in [2.45, 2.75) is 24.2 Å². The van der Waals surface area contributed by atoms with Crippen molar-refractivity contribution in [1.82, 2.24) is 0 Å². The molecule has 3 N–H and O–H groups in total. The highest BCUT2D eigenvalue weighted by Gasteiger charge is 2.60. The van der Waals surface area contributed by atoms with Crippen molar-refractivity contribution in [2.24, 2.45) is 5.73 Å². The molecule has 0 saturated heterocycles. The molecule has 31 heavy (non-hydrogen) atoms. The Hall–Kier alpha value is -4.05. The summed E-state index contributed by atoms with van der Waals surface area (Å²) in [5, 5.41) is 12.7. The lowest BCUT2D eigenvalue weighted by Gasteiger charge is -2.38. The number of ketones is 1. The third-order valence-electron chi connectivity index (χ3n) is 6.27. The summed E-state index contributed by atoms with van der Waals surface area (Å²) in [6.45, 7) is 0. The minimum absolute atomic E-state index is 0.0510. The molecular weight excluding hydrogens is 394 g/mol. The van der Waals surface area contributed by atoms with E-state index in [1.807, 2.05) is 30.3 Å². The first-order valence-corrected chi connectivity index (χ1v) is 9.90. The summed E-state index contributed by atoms with van der Waals surface area (Å²) in [5.74, 6) is 0.111. The molecule has 7 heteroatoms. The van der Waals surface area contributed by atoms with E-state index < -0.39 is 11.3 Å². The minimum Gasteiger partial charge on any atom is -0.497 e. The van der Waals surface area contributed by atoms with Gasteiger partial charge in [0, 0.05) is 24.1 Å². The number of nitrogens with two attached hydrogens (primary N) is 1. The van der Waals surface area contributed by atoms with E-state index >= 15 is 0 Å². The number of carbonyl (C=O) groups excluding carboxylic acids is 2. The lowest BCUT2D eigenvalue weighted by Crippen LogP contribution is -2.47. The molecular formula is C24H19N3O4. The zero-order valence-corrected chi connectivity index (χ0v) is 16.8.